The van der Waals surface area contributed by atoms with E-state index in [1.54, 1.807) is 5.01 Å². The van der Waals surface area contributed by atoms with Crippen LogP contribution in [0.25, 0.3) is 0 Å². The Morgan fingerprint density at radius 3 is 2.23 bits per heavy atom. The Labute approximate surface area is 179 Å². The van der Waals surface area contributed by atoms with E-state index in [1.807, 2.05) is 38.1 Å². The van der Waals surface area contributed by atoms with E-state index in [-0.39, 0.29) is 12.0 Å². The number of aryl methyl sites for hydroxylation is 1. The average Bonchev–Trinajstić information content (AvgIpc) is 2.77. The molecule has 0 heterocycles. The Bertz CT molecular complexity index is 926. The van der Waals surface area contributed by atoms with Gasteiger partial charge in [0.2, 0.25) is 0 Å². The quantitative estimate of drug-likeness (QED) is 0.288. The van der Waals surface area contributed by atoms with Gasteiger partial charge in [0.05, 0.1) is 5.29 Å². The topological polar surface area (TPSA) is 41.9 Å². The molecule has 0 aliphatic carbocycles. The van der Waals surface area contributed by atoms with Gasteiger partial charge in [-0.1, -0.05) is 78.4 Å². The normalized spacial score (nSPS) is 11.9. The summed E-state index contributed by atoms with van der Waals surface area (Å²) in [5, 5.41) is 4.82. The van der Waals surface area contributed by atoms with Crippen molar-refractivity contribution in [3.63, 3.8) is 0 Å². The smallest absolute Gasteiger partial charge is 0.123 e. The summed E-state index contributed by atoms with van der Waals surface area (Å²) in [7, 11) is 0. The molecular weight excluding hydrogens is 372 g/mol. The highest BCUT2D eigenvalue weighted by atomic mass is 16.5. The lowest BCUT2D eigenvalue weighted by molar-refractivity contribution is 0.222. The fourth-order valence-corrected chi connectivity index (χ4v) is 3.65. The van der Waals surface area contributed by atoms with E-state index in [0.29, 0.717) is 13.2 Å². The van der Waals surface area contributed by atoms with Crippen molar-refractivity contribution < 1.29 is 4.74 Å². The molecule has 0 radical (unpaired) electrons. The number of benzene rings is 3. The lowest BCUT2D eigenvalue weighted by Crippen LogP contribution is -2.27. The minimum absolute atomic E-state index is 0.0743. The number of hydrogen-bond donors (Lipinski definition) is 0. The predicted molar refractivity (Wildman–Crippen MR) is 122 cm³/mol. The molecule has 30 heavy (non-hydrogen) atoms. The molecule has 3 aromatic rings. The molecule has 3 rings (SSSR count). The lowest BCUT2D eigenvalue weighted by atomic mass is 9.87. The number of rotatable bonds is 10. The Morgan fingerprint density at radius 2 is 1.60 bits per heavy atom. The van der Waals surface area contributed by atoms with Crippen LogP contribution in [0.1, 0.15) is 48.4 Å². The van der Waals surface area contributed by atoms with Gasteiger partial charge < -0.3 is 4.74 Å². The second-order valence-corrected chi connectivity index (χ2v) is 7.91. The Kier molecular flexibility index (Phi) is 7.61. The third kappa shape index (κ3) is 5.69. The van der Waals surface area contributed by atoms with Crippen LogP contribution in [0.4, 0.5) is 0 Å². The highest BCUT2D eigenvalue weighted by Gasteiger charge is 2.21. The summed E-state index contributed by atoms with van der Waals surface area (Å²) in [6.07, 6.45) is 0.777. The third-order valence-corrected chi connectivity index (χ3v) is 5.33. The zero-order chi connectivity index (χ0) is 21.3. The molecule has 0 unspecified atom stereocenters. The first-order chi connectivity index (χ1) is 14.6. The molecule has 0 amide bonds. The van der Waals surface area contributed by atoms with Crippen LogP contribution < -0.4 is 4.74 Å². The Morgan fingerprint density at radius 1 is 0.933 bits per heavy atom. The van der Waals surface area contributed by atoms with E-state index in [9.17, 15) is 4.91 Å². The van der Waals surface area contributed by atoms with Crippen LogP contribution >= 0.6 is 0 Å². The van der Waals surface area contributed by atoms with Crippen molar-refractivity contribution in [1.29, 1.82) is 0 Å². The van der Waals surface area contributed by atoms with E-state index in [4.69, 9.17) is 4.74 Å². The largest absolute Gasteiger partial charge is 0.489 e. The molecule has 3 aromatic carbocycles. The van der Waals surface area contributed by atoms with E-state index in [2.05, 4.69) is 66.8 Å². The zero-order valence-electron chi connectivity index (χ0n) is 18.0. The van der Waals surface area contributed by atoms with Crippen LogP contribution in [0.2, 0.25) is 0 Å². The standard InChI is InChI=1S/C26H30N2O2/c1-20(2)28(27-29)17-16-24(23-12-8-5-9-13-23)25-18-21(3)14-15-26(25)30-19-22-10-6-4-7-11-22/h4-15,18,20,24H,16-17,19H2,1-3H3/t24-/m1/s1. The maximum Gasteiger partial charge on any atom is 0.123 e. The third-order valence-electron chi connectivity index (χ3n) is 5.33. The van der Waals surface area contributed by atoms with E-state index < -0.39 is 0 Å². The summed E-state index contributed by atoms with van der Waals surface area (Å²) in [4.78, 5) is 11.3. The van der Waals surface area contributed by atoms with Gasteiger partial charge in [0.1, 0.15) is 12.4 Å². The number of ether oxygens (including phenoxy) is 1. The first kappa shape index (κ1) is 21.6. The summed E-state index contributed by atoms with van der Waals surface area (Å²) in [6, 6.07) is 27.0. The highest BCUT2D eigenvalue weighted by Crippen LogP contribution is 2.36. The SMILES string of the molecule is Cc1ccc(OCc2ccccc2)c([C@H](CCN(N=O)C(C)C)c2ccccc2)c1. The molecule has 0 fully saturated rings. The van der Waals surface area contributed by atoms with Crippen LogP contribution in [-0.2, 0) is 6.61 Å². The highest BCUT2D eigenvalue weighted by molar-refractivity contribution is 5.44. The molecule has 0 bridgehead atoms. The van der Waals surface area contributed by atoms with Gasteiger partial charge in [0.15, 0.2) is 0 Å². The van der Waals surface area contributed by atoms with Gasteiger partial charge in [-0.25, -0.2) is 0 Å². The molecule has 0 aromatic heterocycles. The van der Waals surface area contributed by atoms with Crippen LogP contribution in [0.3, 0.4) is 0 Å². The van der Waals surface area contributed by atoms with Gasteiger partial charge in [-0.3, -0.25) is 5.01 Å². The fraction of sp³-hybridized carbons (Fsp3) is 0.308. The first-order valence-corrected chi connectivity index (χ1v) is 10.5. The van der Waals surface area contributed by atoms with E-state index >= 15 is 0 Å². The maximum atomic E-state index is 11.3. The molecule has 4 heteroatoms. The fourth-order valence-electron chi connectivity index (χ4n) is 3.65. The van der Waals surface area contributed by atoms with Crippen LogP contribution in [0.15, 0.2) is 84.1 Å². The average molecular weight is 403 g/mol. The van der Waals surface area contributed by atoms with Gasteiger partial charge in [-0.05, 0) is 44.4 Å². The van der Waals surface area contributed by atoms with E-state index in [1.165, 1.54) is 11.1 Å². The molecule has 1 atom stereocenters. The van der Waals surface area contributed by atoms with Crippen molar-refractivity contribution in [1.82, 2.24) is 5.01 Å². The van der Waals surface area contributed by atoms with Gasteiger partial charge >= 0.3 is 0 Å². The number of nitrogens with zero attached hydrogens (tertiary/aromatic N) is 2. The number of nitroso groups, excluding NO2 is 1. The maximum absolute atomic E-state index is 11.3. The van der Waals surface area contributed by atoms with E-state index in [0.717, 1.165) is 23.3 Å². The van der Waals surface area contributed by atoms with Crippen LogP contribution in [-0.4, -0.2) is 17.6 Å². The molecule has 4 nitrogen and oxygen atoms in total. The van der Waals surface area contributed by atoms with Crippen LogP contribution in [0.5, 0.6) is 5.75 Å². The lowest BCUT2D eigenvalue weighted by Gasteiger charge is -2.25. The molecule has 0 N–H and O–H groups in total. The van der Waals surface area contributed by atoms with Crippen molar-refractivity contribution in [2.75, 3.05) is 6.54 Å². The molecule has 0 saturated heterocycles. The Balaban J connectivity index is 1.91. The van der Waals surface area contributed by atoms with Crippen molar-refractivity contribution >= 4 is 0 Å². The first-order valence-electron chi connectivity index (χ1n) is 10.5. The monoisotopic (exact) mass is 402 g/mol. The second-order valence-electron chi connectivity index (χ2n) is 7.91. The predicted octanol–water partition coefficient (Wildman–Crippen LogP) is 6.49. The van der Waals surface area contributed by atoms with Crippen molar-refractivity contribution in [3.05, 3.63) is 106 Å². The summed E-state index contributed by atoms with van der Waals surface area (Å²) in [5.41, 5.74) is 4.68. The minimum atomic E-state index is 0.0743. The molecule has 0 spiro atoms. The summed E-state index contributed by atoms with van der Waals surface area (Å²) >= 11 is 0. The summed E-state index contributed by atoms with van der Waals surface area (Å²) in [6.45, 7) is 7.18. The van der Waals surface area contributed by atoms with Crippen molar-refractivity contribution in [2.24, 2.45) is 5.29 Å². The minimum Gasteiger partial charge on any atom is -0.489 e. The molecule has 156 valence electrons. The molecular formula is C26H30N2O2. The zero-order valence-corrected chi connectivity index (χ0v) is 18.0. The summed E-state index contributed by atoms with van der Waals surface area (Å²) < 4.78 is 6.26. The van der Waals surface area contributed by atoms with Crippen molar-refractivity contribution in [2.45, 2.75) is 45.8 Å². The Hall–Kier alpha value is -3.14. The van der Waals surface area contributed by atoms with Gasteiger partial charge in [0.25, 0.3) is 0 Å². The molecule has 0 saturated carbocycles. The van der Waals surface area contributed by atoms with Gasteiger partial charge in [-0.15, -0.1) is 4.91 Å². The van der Waals surface area contributed by atoms with Gasteiger partial charge in [0, 0.05) is 24.1 Å². The number of hydrogen-bond acceptors (Lipinski definition) is 3. The molecule has 0 aliphatic rings. The van der Waals surface area contributed by atoms with Crippen molar-refractivity contribution in [3.8, 4) is 5.75 Å². The molecule has 0 aliphatic heterocycles. The van der Waals surface area contributed by atoms with Gasteiger partial charge in [-0.2, -0.15) is 0 Å². The second kappa shape index (κ2) is 10.6. The van der Waals surface area contributed by atoms with Crippen LogP contribution in [0, 0.1) is 11.8 Å². The summed E-state index contributed by atoms with van der Waals surface area (Å²) in [5.74, 6) is 0.994.